The van der Waals surface area contributed by atoms with Crippen LogP contribution in [0.1, 0.15) is 20.9 Å². The van der Waals surface area contributed by atoms with Crippen molar-refractivity contribution in [2.45, 2.75) is 25.7 Å². The van der Waals surface area contributed by atoms with Gasteiger partial charge in [-0.05, 0) is 94.5 Å². The molecule has 9 rings (SSSR count). The summed E-state index contributed by atoms with van der Waals surface area (Å²) in [4.78, 5) is 2.92. The normalized spacial score (nSPS) is 11.8. The third-order valence-corrected chi connectivity index (χ3v) is 11.9. The summed E-state index contributed by atoms with van der Waals surface area (Å²) >= 11 is 4.00. The SMILES string of the molecule is c1ccc(CCc2cc3c(-c4ccccc4)cc4c(c3s2)-c2cc(-c3ccccc3)c3cc(CCc5ccccc5)sc3c2-4)cc1. The maximum Gasteiger partial charge on any atom is 0.0436 e. The van der Waals surface area contributed by atoms with Crippen LogP contribution < -0.4 is 0 Å². The summed E-state index contributed by atoms with van der Waals surface area (Å²) in [6.07, 6.45) is 4.24. The molecule has 0 bridgehead atoms. The van der Waals surface area contributed by atoms with E-state index in [-0.39, 0.29) is 0 Å². The van der Waals surface area contributed by atoms with Crippen LogP contribution in [0.15, 0.2) is 146 Å². The molecule has 0 saturated carbocycles. The molecule has 0 atom stereocenters. The van der Waals surface area contributed by atoms with Crippen LogP contribution in [0.5, 0.6) is 0 Å². The number of thiophene rings is 2. The molecule has 220 valence electrons. The van der Waals surface area contributed by atoms with Crippen LogP contribution in [0.2, 0.25) is 0 Å². The van der Waals surface area contributed by atoms with Crippen molar-refractivity contribution in [3.8, 4) is 44.5 Å². The lowest BCUT2D eigenvalue weighted by Crippen LogP contribution is -2.01. The van der Waals surface area contributed by atoms with Gasteiger partial charge in [-0.2, -0.15) is 0 Å². The average molecular weight is 625 g/mol. The number of rotatable bonds is 8. The van der Waals surface area contributed by atoms with Gasteiger partial charge in [0.05, 0.1) is 0 Å². The van der Waals surface area contributed by atoms with Gasteiger partial charge < -0.3 is 0 Å². The van der Waals surface area contributed by atoms with Crippen molar-refractivity contribution >= 4 is 42.8 Å². The molecule has 0 spiro atoms. The number of hydrogen-bond donors (Lipinski definition) is 0. The van der Waals surface area contributed by atoms with E-state index in [1.807, 2.05) is 22.7 Å². The standard InChI is InChI=1S/C44H32S2/c1-5-13-29(14-6-1)21-23-33-25-37-35(31-17-9-3-10-18-31)27-39-41(43(37)45-33)40-28-36(32-19-11-4-12-20-32)38-26-34(46-44(38)42(39)40)24-22-30-15-7-2-8-16-30/h1-20,25-28H,21-24H2. The second-order valence-electron chi connectivity index (χ2n) is 12.3. The number of aryl methyl sites for hydroxylation is 4. The van der Waals surface area contributed by atoms with E-state index in [2.05, 4.69) is 146 Å². The summed E-state index contributed by atoms with van der Waals surface area (Å²) in [5, 5.41) is 2.78. The molecule has 0 fully saturated rings. The Hall–Kier alpha value is -4.76. The lowest BCUT2D eigenvalue weighted by Gasteiger charge is -2.28. The van der Waals surface area contributed by atoms with Crippen molar-refractivity contribution in [3.63, 3.8) is 0 Å². The zero-order chi connectivity index (χ0) is 30.5. The van der Waals surface area contributed by atoms with Gasteiger partial charge in [0, 0.05) is 41.1 Å². The predicted molar refractivity (Wildman–Crippen MR) is 200 cm³/mol. The molecular formula is C44H32S2. The van der Waals surface area contributed by atoms with E-state index >= 15 is 0 Å². The predicted octanol–water partition coefficient (Wildman–Crippen LogP) is 12.7. The fraction of sp³-hybridized carbons (Fsp3) is 0.0909. The topological polar surface area (TPSA) is 0 Å². The molecule has 0 amide bonds. The minimum atomic E-state index is 1.06. The average Bonchev–Trinajstić information content (AvgIpc) is 3.73. The molecule has 1 aliphatic rings. The summed E-state index contributed by atoms with van der Waals surface area (Å²) < 4.78 is 2.87. The summed E-state index contributed by atoms with van der Waals surface area (Å²) in [6.45, 7) is 0. The Morgan fingerprint density at radius 2 is 0.717 bits per heavy atom. The Kier molecular flexibility index (Phi) is 6.92. The third kappa shape index (κ3) is 4.81. The Labute approximate surface area is 278 Å². The third-order valence-electron chi connectivity index (χ3n) is 9.43. The molecule has 0 radical (unpaired) electrons. The van der Waals surface area contributed by atoms with Gasteiger partial charge in [0.15, 0.2) is 0 Å². The first-order chi connectivity index (χ1) is 22.8. The number of hydrogen-bond acceptors (Lipinski definition) is 2. The largest absolute Gasteiger partial charge is 0.140 e. The van der Waals surface area contributed by atoms with Crippen LogP contribution in [0, 0.1) is 0 Å². The molecule has 6 aromatic carbocycles. The van der Waals surface area contributed by atoms with Crippen LogP contribution in [0.4, 0.5) is 0 Å². The molecule has 0 unspecified atom stereocenters. The highest BCUT2D eigenvalue weighted by Gasteiger charge is 2.32. The molecular weight excluding hydrogens is 593 g/mol. The molecule has 0 saturated heterocycles. The van der Waals surface area contributed by atoms with Crippen LogP contribution in [0.3, 0.4) is 0 Å². The fourth-order valence-electron chi connectivity index (χ4n) is 7.14. The van der Waals surface area contributed by atoms with E-state index in [0.29, 0.717) is 0 Å². The van der Waals surface area contributed by atoms with Crippen molar-refractivity contribution < 1.29 is 0 Å². The first-order valence-electron chi connectivity index (χ1n) is 16.2. The van der Waals surface area contributed by atoms with Gasteiger partial charge in [-0.1, -0.05) is 121 Å². The Morgan fingerprint density at radius 3 is 1.11 bits per heavy atom. The zero-order valence-corrected chi connectivity index (χ0v) is 27.1. The molecule has 0 N–H and O–H groups in total. The van der Waals surface area contributed by atoms with Gasteiger partial charge >= 0.3 is 0 Å². The first kappa shape index (κ1) is 27.5. The van der Waals surface area contributed by atoms with E-state index in [1.165, 1.54) is 85.6 Å². The smallest absolute Gasteiger partial charge is 0.0436 e. The lowest BCUT2D eigenvalue weighted by atomic mass is 9.76. The molecule has 2 aromatic heterocycles. The van der Waals surface area contributed by atoms with Gasteiger partial charge in [-0.25, -0.2) is 0 Å². The number of fused-ring (bicyclic) bond motifs is 8. The van der Waals surface area contributed by atoms with Crippen molar-refractivity contribution in [3.05, 3.63) is 166 Å². The van der Waals surface area contributed by atoms with Crippen molar-refractivity contribution in [2.75, 3.05) is 0 Å². The van der Waals surface area contributed by atoms with E-state index < -0.39 is 0 Å². The highest BCUT2D eigenvalue weighted by molar-refractivity contribution is 7.20. The Balaban J connectivity index is 1.21. The molecule has 46 heavy (non-hydrogen) atoms. The molecule has 0 nitrogen and oxygen atoms in total. The van der Waals surface area contributed by atoms with Crippen LogP contribution in [-0.4, -0.2) is 0 Å². The van der Waals surface area contributed by atoms with Crippen molar-refractivity contribution in [1.82, 2.24) is 0 Å². The van der Waals surface area contributed by atoms with Crippen LogP contribution in [-0.2, 0) is 25.7 Å². The highest BCUT2D eigenvalue weighted by Crippen LogP contribution is 2.59. The minimum Gasteiger partial charge on any atom is -0.140 e. The van der Waals surface area contributed by atoms with E-state index in [9.17, 15) is 0 Å². The molecule has 0 aliphatic heterocycles. The highest BCUT2D eigenvalue weighted by atomic mass is 32.1. The first-order valence-corrected chi connectivity index (χ1v) is 17.8. The van der Waals surface area contributed by atoms with Gasteiger partial charge in [0.25, 0.3) is 0 Å². The van der Waals surface area contributed by atoms with Crippen LogP contribution in [0.25, 0.3) is 64.7 Å². The summed E-state index contributed by atoms with van der Waals surface area (Å²) in [5.74, 6) is 0. The maximum absolute atomic E-state index is 2.49. The molecule has 8 aromatic rings. The van der Waals surface area contributed by atoms with Gasteiger partial charge in [-0.3, -0.25) is 0 Å². The monoisotopic (exact) mass is 624 g/mol. The quantitative estimate of drug-likeness (QED) is 0.158. The van der Waals surface area contributed by atoms with Crippen molar-refractivity contribution in [1.29, 1.82) is 0 Å². The van der Waals surface area contributed by atoms with Gasteiger partial charge in [0.2, 0.25) is 0 Å². The second-order valence-corrected chi connectivity index (χ2v) is 14.6. The molecule has 2 heteroatoms. The number of benzene rings is 6. The summed E-state index contributed by atoms with van der Waals surface area (Å²) in [5.41, 5.74) is 13.8. The van der Waals surface area contributed by atoms with Gasteiger partial charge in [0.1, 0.15) is 0 Å². The van der Waals surface area contributed by atoms with E-state index in [4.69, 9.17) is 0 Å². The Bertz CT molecular complexity index is 2140. The summed E-state index contributed by atoms with van der Waals surface area (Å²) in [7, 11) is 0. The van der Waals surface area contributed by atoms with Gasteiger partial charge in [-0.15, -0.1) is 22.7 Å². The zero-order valence-electron chi connectivity index (χ0n) is 25.5. The minimum absolute atomic E-state index is 1.06. The van der Waals surface area contributed by atoms with Crippen LogP contribution >= 0.6 is 22.7 Å². The van der Waals surface area contributed by atoms with Crippen molar-refractivity contribution in [2.24, 2.45) is 0 Å². The Morgan fingerprint density at radius 1 is 0.348 bits per heavy atom. The fourth-order valence-corrected chi connectivity index (χ4v) is 9.63. The van der Waals surface area contributed by atoms with E-state index in [0.717, 1.165) is 25.7 Å². The molecule has 2 heterocycles. The second kappa shape index (κ2) is 11.6. The van der Waals surface area contributed by atoms with E-state index in [1.54, 1.807) is 0 Å². The molecule has 1 aliphatic carbocycles. The maximum atomic E-state index is 2.49. The summed E-state index contributed by atoms with van der Waals surface area (Å²) in [6, 6.07) is 53.7. The lowest BCUT2D eigenvalue weighted by molar-refractivity contribution is 0.982.